The molecule has 7 nitrogen and oxygen atoms in total. The molecule has 1 saturated heterocycles. The van der Waals surface area contributed by atoms with Crippen molar-refractivity contribution in [2.45, 2.75) is 52.0 Å². The van der Waals surface area contributed by atoms with E-state index in [1.54, 1.807) is 0 Å². The lowest BCUT2D eigenvalue weighted by atomic mass is 9.49. The zero-order valence-corrected chi connectivity index (χ0v) is 19.6. The summed E-state index contributed by atoms with van der Waals surface area (Å²) in [5.74, 6) is 3.70. The number of para-hydroxylation sites is 2. The van der Waals surface area contributed by atoms with Gasteiger partial charge in [0, 0.05) is 39.3 Å². The monoisotopic (exact) mass is 449 g/mol. The van der Waals surface area contributed by atoms with E-state index in [4.69, 9.17) is 0 Å². The average molecular weight is 450 g/mol. The molecule has 1 N–H and O–H groups in total. The Morgan fingerprint density at radius 3 is 2.24 bits per heavy atom. The summed E-state index contributed by atoms with van der Waals surface area (Å²) in [6.45, 7) is 5.84. The molecule has 2 aromatic rings. The molecule has 1 aliphatic heterocycles. The highest BCUT2D eigenvalue weighted by molar-refractivity contribution is 5.84. The first kappa shape index (κ1) is 21.0. The number of aromatic nitrogens is 2. The second kappa shape index (κ2) is 8.03. The van der Waals surface area contributed by atoms with Crippen molar-refractivity contribution in [1.29, 1.82) is 0 Å². The Bertz CT molecular complexity index is 1030. The largest absolute Gasteiger partial charge is 0.339 e. The highest BCUT2D eigenvalue weighted by Crippen LogP contribution is 2.60. The van der Waals surface area contributed by atoms with E-state index >= 15 is 0 Å². The quantitative estimate of drug-likeness (QED) is 0.778. The highest BCUT2D eigenvalue weighted by atomic mass is 16.2. The summed E-state index contributed by atoms with van der Waals surface area (Å²) in [5, 5.41) is 3.07. The molecule has 3 amide bonds. The van der Waals surface area contributed by atoms with Crippen molar-refractivity contribution in [2.75, 3.05) is 32.7 Å². The lowest BCUT2D eigenvalue weighted by Gasteiger charge is -2.57. The maximum atomic E-state index is 13.6. The lowest BCUT2D eigenvalue weighted by molar-refractivity contribution is -0.159. The van der Waals surface area contributed by atoms with Crippen molar-refractivity contribution in [2.24, 2.45) is 23.2 Å². The Balaban J connectivity index is 1.01. The van der Waals surface area contributed by atoms with Gasteiger partial charge in [-0.2, -0.15) is 0 Å². The van der Waals surface area contributed by atoms with Crippen molar-refractivity contribution in [3.63, 3.8) is 0 Å². The average Bonchev–Trinajstić information content (AvgIpc) is 3.13. The first-order valence-electron chi connectivity index (χ1n) is 12.7. The number of amides is 3. The number of benzene rings is 1. The van der Waals surface area contributed by atoms with Crippen LogP contribution in [0, 0.1) is 30.1 Å². The topological polar surface area (TPSA) is 70.5 Å². The summed E-state index contributed by atoms with van der Waals surface area (Å²) >= 11 is 0. The SMILES string of the molecule is Cc1nc2ccccc2n1CCNC(=O)N1CCN(C(=O)C23CC4CC(CC(C4)C2)C3)CC1. The molecule has 7 heteroatoms. The van der Waals surface area contributed by atoms with Crippen molar-refractivity contribution >= 4 is 23.0 Å². The Kier molecular flexibility index (Phi) is 5.11. The van der Waals surface area contributed by atoms with Crippen molar-refractivity contribution in [1.82, 2.24) is 24.7 Å². The Hall–Kier alpha value is -2.57. The van der Waals surface area contributed by atoms with Gasteiger partial charge in [0.25, 0.3) is 0 Å². The minimum absolute atomic E-state index is 0.0287. The van der Waals surface area contributed by atoms with Gasteiger partial charge in [-0.1, -0.05) is 12.1 Å². The smallest absolute Gasteiger partial charge is 0.317 e. The van der Waals surface area contributed by atoms with Crippen LogP contribution in [0.25, 0.3) is 11.0 Å². The second-order valence-corrected chi connectivity index (χ2v) is 11.0. The van der Waals surface area contributed by atoms with Crippen molar-refractivity contribution in [3.8, 4) is 0 Å². The van der Waals surface area contributed by atoms with E-state index in [-0.39, 0.29) is 11.4 Å². The van der Waals surface area contributed by atoms with Crippen LogP contribution in [0.3, 0.4) is 0 Å². The highest BCUT2D eigenvalue weighted by Gasteiger charge is 2.55. The van der Waals surface area contributed by atoms with Gasteiger partial charge in [0.05, 0.1) is 16.4 Å². The van der Waals surface area contributed by atoms with Crippen LogP contribution in [0.15, 0.2) is 24.3 Å². The van der Waals surface area contributed by atoms with Gasteiger partial charge in [-0.05, 0) is 75.3 Å². The Labute approximate surface area is 195 Å². The molecule has 5 fully saturated rings. The van der Waals surface area contributed by atoms with E-state index in [0.717, 1.165) is 53.9 Å². The fourth-order valence-electron chi connectivity index (χ4n) is 7.69. The van der Waals surface area contributed by atoms with Gasteiger partial charge in [0.1, 0.15) is 5.82 Å². The number of nitrogens with zero attached hydrogens (tertiary/aromatic N) is 4. The number of piperazine rings is 1. The molecule has 4 aliphatic carbocycles. The van der Waals surface area contributed by atoms with Gasteiger partial charge in [-0.25, -0.2) is 9.78 Å². The number of carbonyl (C=O) groups is 2. The van der Waals surface area contributed by atoms with E-state index in [2.05, 4.69) is 25.8 Å². The summed E-state index contributed by atoms with van der Waals surface area (Å²) in [6, 6.07) is 8.06. The number of aryl methyl sites for hydroxylation is 1. The number of urea groups is 1. The fourth-order valence-corrected chi connectivity index (χ4v) is 7.69. The van der Waals surface area contributed by atoms with Gasteiger partial charge in [0.2, 0.25) is 5.91 Å². The standard InChI is InChI=1S/C26H35N5O2/c1-18-28-22-4-2-3-5-23(22)31(18)7-6-27-25(33)30-10-8-29(9-11-30)24(32)26-15-19-12-20(16-26)14-21(13-19)17-26/h2-5,19-21H,6-17H2,1H3,(H,27,33). The molecule has 0 unspecified atom stereocenters. The molecule has 7 rings (SSSR count). The first-order valence-corrected chi connectivity index (χ1v) is 12.7. The number of hydrogen-bond acceptors (Lipinski definition) is 3. The van der Waals surface area contributed by atoms with E-state index in [1.165, 1.54) is 19.3 Å². The number of hydrogen-bond donors (Lipinski definition) is 1. The summed E-state index contributed by atoms with van der Waals surface area (Å²) < 4.78 is 2.15. The summed E-state index contributed by atoms with van der Waals surface area (Å²) in [6.07, 6.45) is 7.40. The van der Waals surface area contributed by atoms with Crippen LogP contribution in [0.2, 0.25) is 0 Å². The van der Waals surface area contributed by atoms with Crippen LogP contribution in [0.4, 0.5) is 4.79 Å². The zero-order valence-electron chi connectivity index (χ0n) is 19.6. The molecule has 4 bridgehead atoms. The Morgan fingerprint density at radius 2 is 1.58 bits per heavy atom. The summed E-state index contributed by atoms with van der Waals surface area (Å²) in [4.78, 5) is 34.9. The van der Waals surface area contributed by atoms with E-state index in [9.17, 15) is 9.59 Å². The maximum Gasteiger partial charge on any atom is 0.317 e. The van der Waals surface area contributed by atoms with Crippen LogP contribution in [0.1, 0.15) is 44.3 Å². The predicted molar refractivity (Wildman–Crippen MR) is 127 cm³/mol. The Morgan fingerprint density at radius 1 is 0.970 bits per heavy atom. The van der Waals surface area contributed by atoms with E-state index in [1.807, 2.05) is 30.0 Å². The molecule has 176 valence electrons. The molecule has 1 aromatic heterocycles. The van der Waals surface area contributed by atoms with Crippen molar-refractivity contribution in [3.05, 3.63) is 30.1 Å². The van der Waals surface area contributed by atoms with E-state index < -0.39 is 0 Å². The number of nitrogens with one attached hydrogen (secondary N) is 1. The van der Waals surface area contributed by atoms with Crippen molar-refractivity contribution < 1.29 is 9.59 Å². The third-order valence-electron chi connectivity index (χ3n) is 8.80. The van der Waals surface area contributed by atoms with Crippen LogP contribution in [-0.2, 0) is 11.3 Å². The molecule has 5 aliphatic rings. The van der Waals surface area contributed by atoms with Gasteiger partial charge in [-0.15, -0.1) is 0 Å². The lowest BCUT2D eigenvalue weighted by Crippen LogP contribution is -2.59. The molecule has 0 radical (unpaired) electrons. The molecule has 2 heterocycles. The van der Waals surface area contributed by atoms with Crippen LogP contribution < -0.4 is 5.32 Å². The number of imidazole rings is 1. The van der Waals surface area contributed by atoms with Crippen LogP contribution in [0.5, 0.6) is 0 Å². The second-order valence-electron chi connectivity index (χ2n) is 11.0. The third-order valence-corrected chi connectivity index (χ3v) is 8.80. The normalized spacial score (nSPS) is 30.8. The molecule has 1 aromatic carbocycles. The maximum absolute atomic E-state index is 13.6. The zero-order chi connectivity index (χ0) is 22.6. The molecule has 4 saturated carbocycles. The summed E-state index contributed by atoms with van der Waals surface area (Å²) in [7, 11) is 0. The first-order chi connectivity index (χ1) is 16.0. The minimum Gasteiger partial charge on any atom is -0.339 e. The van der Waals surface area contributed by atoms with Gasteiger partial charge in [0.15, 0.2) is 0 Å². The number of rotatable bonds is 4. The minimum atomic E-state index is -0.0788. The molecule has 33 heavy (non-hydrogen) atoms. The van der Waals surface area contributed by atoms with Gasteiger partial charge >= 0.3 is 6.03 Å². The molecule has 0 atom stereocenters. The fraction of sp³-hybridized carbons (Fsp3) is 0.654. The van der Waals surface area contributed by atoms with Gasteiger partial charge in [-0.3, -0.25) is 4.79 Å². The van der Waals surface area contributed by atoms with Crippen LogP contribution in [-0.4, -0.2) is 64.0 Å². The molecular formula is C26H35N5O2. The molecule has 0 spiro atoms. The van der Waals surface area contributed by atoms with Crippen LogP contribution >= 0.6 is 0 Å². The number of carbonyl (C=O) groups excluding carboxylic acids is 2. The van der Waals surface area contributed by atoms with Gasteiger partial charge < -0.3 is 19.7 Å². The van der Waals surface area contributed by atoms with E-state index in [0.29, 0.717) is 45.2 Å². The third kappa shape index (κ3) is 3.69. The summed E-state index contributed by atoms with van der Waals surface area (Å²) in [5.41, 5.74) is 2.01. The molecular weight excluding hydrogens is 414 g/mol. The number of fused-ring (bicyclic) bond motifs is 1. The predicted octanol–water partition coefficient (Wildman–Crippen LogP) is 3.41.